The Labute approximate surface area is 76.6 Å². The Morgan fingerprint density at radius 1 is 1.77 bits per heavy atom. The summed E-state index contributed by atoms with van der Waals surface area (Å²) in [4.78, 5) is 3.73. The fourth-order valence-electron chi connectivity index (χ4n) is 0.883. The van der Waals surface area contributed by atoms with Gasteiger partial charge in [-0.15, -0.1) is 5.10 Å². The fraction of sp³-hybridized carbons (Fsp3) is 0.625. The molecule has 1 atom stereocenters. The van der Waals surface area contributed by atoms with Crippen LogP contribution in [-0.4, -0.2) is 25.5 Å². The molecule has 0 spiro atoms. The van der Waals surface area contributed by atoms with Crippen molar-refractivity contribution in [2.75, 3.05) is 0 Å². The first-order chi connectivity index (χ1) is 6.07. The maximum Gasteiger partial charge on any atom is 0.252 e. The monoisotopic (exact) mass is 180 g/mol. The molecule has 5 heteroatoms. The largest absolute Gasteiger partial charge is 0.388 e. The molecule has 0 amide bonds. The van der Waals surface area contributed by atoms with Gasteiger partial charge in [-0.05, 0) is 13.3 Å². The number of nitrogens with zero attached hydrogens (tertiary/aromatic N) is 4. The van der Waals surface area contributed by atoms with Crippen molar-refractivity contribution in [1.29, 1.82) is 5.26 Å². The minimum absolute atomic E-state index is 0.131. The lowest BCUT2D eigenvalue weighted by molar-refractivity contribution is 0.0344. The van der Waals surface area contributed by atoms with Gasteiger partial charge in [0, 0.05) is 0 Å². The summed E-state index contributed by atoms with van der Waals surface area (Å²) < 4.78 is 1.47. The summed E-state index contributed by atoms with van der Waals surface area (Å²) in [6.45, 7) is 3.97. The van der Waals surface area contributed by atoms with Gasteiger partial charge in [0.1, 0.15) is 12.4 Å². The third-order valence-corrected chi connectivity index (χ3v) is 1.90. The van der Waals surface area contributed by atoms with Gasteiger partial charge in [-0.2, -0.15) is 5.26 Å². The highest BCUT2D eigenvalue weighted by Crippen LogP contribution is 2.10. The molecule has 0 aliphatic heterocycles. The predicted molar refractivity (Wildman–Crippen MR) is 45.7 cm³/mol. The SMILES string of the molecule is CCC(C)(O)Cn1cnc(C#N)n1. The van der Waals surface area contributed by atoms with E-state index in [-0.39, 0.29) is 5.82 Å². The zero-order valence-electron chi connectivity index (χ0n) is 7.73. The van der Waals surface area contributed by atoms with Crippen molar-refractivity contribution in [2.45, 2.75) is 32.4 Å². The molecule has 0 aliphatic carbocycles. The molecule has 1 rings (SSSR count). The molecule has 0 saturated carbocycles. The van der Waals surface area contributed by atoms with Gasteiger partial charge in [0.2, 0.25) is 0 Å². The van der Waals surface area contributed by atoms with E-state index in [1.54, 1.807) is 6.92 Å². The van der Waals surface area contributed by atoms with Crippen LogP contribution in [0.5, 0.6) is 0 Å². The minimum atomic E-state index is -0.791. The van der Waals surface area contributed by atoms with Crippen molar-refractivity contribution in [3.8, 4) is 6.07 Å². The second-order valence-electron chi connectivity index (χ2n) is 3.23. The average molecular weight is 180 g/mol. The van der Waals surface area contributed by atoms with E-state index in [0.29, 0.717) is 13.0 Å². The van der Waals surface area contributed by atoms with Crippen molar-refractivity contribution >= 4 is 0 Å². The summed E-state index contributed by atoms with van der Waals surface area (Å²) in [7, 11) is 0. The first-order valence-corrected chi connectivity index (χ1v) is 4.09. The Kier molecular flexibility index (Phi) is 2.63. The molecule has 0 radical (unpaired) electrons. The lowest BCUT2D eigenvalue weighted by Gasteiger charge is -2.20. The highest BCUT2D eigenvalue weighted by Gasteiger charge is 2.18. The molecular formula is C8H12N4O. The van der Waals surface area contributed by atoms with Gasteiger partial charge < -0.3 is 5.11 Å². The van der Waals surface area contributed by atoms with Crippen molar-refractivity contribution in [2.24, 2.45) is 0 Å². The number of nitriles is 1. The Bertz CT molecular complexity index is 323. The molecule has 0 bridgehead atoms. The molecule has 1 aromatic rings. The van der Waals surface area contributed by atoms with E-state index in [1.807, 2.05) is 13.0 Å². The van der Waals surface area contributed by atoms with Crippen molar-refractivity contribution in [1.82, 2.24) is 14.8 Å². The molecule has 1 aromatic heterocycles. The quantitative estimate of drug-likeness (QED) is 0.726. The normalized spacial score (nSPS) is 14.9. The van der Waals surface area contributed by atoms with Crippen LogP contribution >= 0.6 is 0 Å². The van der Waals surface area contributed by atoms with E-state index in [2.05, 4.69) is 10.1 Å². The maximum absolute atomic E-state index is 9.69. The van der Waals surface area contributed by atoms with Crippen LogP contribution in [-0.2, 0) is 6.54 Å². The summed E-state index contributed by atoms with van der Waals surface area (Å²) in [5.41, 5.74) is -0.791. The van der Waals surface area contributed by atoms with Gasteiger partial charge in [-0.1, -0.05) is 6.92 Å². The minimum Gasteiger partial charge on any atom is -0.388 e. The number of aliphatic hydroxyl groups is 1. The molecule has 70 valence electrons. The van der Waals surface area contributed by atoms with Crippen LogP contribution in [0.1, 0.15) is 26.1 Å². The van der Waals surface area contributed by atoms with Gasteiger partial charge in [0.05, 0.1) is 12.1 Å². The molecule has 5 nitrogen and oxygen atoms in total. The number of hydrogen-bond donors (Lipinski definition) is 1. The molecular weight excluding hydrogens is 168 g/mol. The summed E-state index contributed by atoms with van der Waals surface area (Å²) >= 11 is 0. The van der Waals surface area contributed by atoms with Gasteiger partial charge in [-0.25, -0.2) is 9.67 Å². The number of rotatable bonds is 3. The van der Waals surface area contributed by atoms with Crippen LogP contribution in [0.15, 0.2) is 6.33 Å². The molecule has 0 aliphatic rings. The topological polar surface area (TPSA) is 74.7 Å². The van der Waals surface area contributed by atoms with E-state index >= 15 is 0 Å². The van der Waals surface area contributed by atoms with Gasteiger partial charge in [-0.3, -0.25) is 0 Å². The third kappa shape index (κ3) is 2.53. The molecule has 0 aromatic carbocycles. The van der Waals surface area contributed by atoms with E-state index in [9.17, 15) is 5.11 Å². The second-order valence-corrected chi connectivity index (χ2v) is 3.23. The average Bonchev–Trinajstić information content (AvgIpc) is 2.52. The van der Waals surface area contributed by atoms with Crippen molar-refractivity contribution in [3.63, 3.8) is 0 Å². The first kappa shape index (κ1) is 9.68. The highest BCUT2D eigenvalue weighted by atomic mass is 16.3. The number of hydrogen-bond acceptors (Lipinski definition) is 4. The lowest BCUT2D eigenvalue weighted by atomic mass is 10.0. The van der Waals surface area contributed by atoms with E-state index in [1.165, 1.54) is 11.0 Å². The molecule has 1 N–H and O–H groups in total. The molecule has 0 fully saturated rings. The van der Waals surface area contributed by atoms with Crippen LogP contribution in [0.3, 0.4) is 0 Å². The highest BCUT2D eigenvalue weighted by molar-refractivity contribution is 5.05. The zero-order chi connectivity index (χ0) is 9.90. The fourth-order valence-corrected chi connectivity index (χ4v) is 0.883. The Morgan fingerprint density at radius 2 is 2.46 bits per heavy atom. The molecule has 13 heavy (non-hydrogen) atoms. The summed E-state index contributed by atoms with van der Waals surface area (Å²) in [6, 6.07) is 1.83. The first-order valence-electron chi connectivity index (χ1n) is 4.09. The van der Waals surface area contributed by atoms with Crippen molar-refractivity contribution in [3.05, 3.63) is 12.2 Å². The summed E-state index contributed by atoms with van der Waals surface area (Å²) in [5.74, 6) is 0.131. The van der Waals surface area contributed by atoms with Crippen LogP contribution in [0.25, 0.3) is 0 Å². The maximum atomic E-state index is 9.69. The van der Waals surface area contributed by atoms with Gasteiger partial charge in [0.25, 0.3) is 5.82 Å². The van der Waals surface area contributed by atoms with Crippen LogP contribution in [0.4, 0.5) is 0 Å². The summed E-state index contributed by atoms with van der Waals surface area (Å²) in [5, 5.41) is 22.0. The molecule has 1 heterocycles. The van der Waals surface area contributed by atoms with Crippen molar-refractivity contribution < 1.29 is 5.11 Å². The van der Waals surface area contributed by atoms with E-state index < -0.39 is 5.60 Å². The Morgan fingerprint density at radius 3 is 2.92 bits per heavy atom. The standard InChI is InChI=1S/C8H12N4O/c1-3-8(2,13)5-12-6-10-7(4-9)11-12/h6,13H,3,5H2,1-2H3. The summed E-state index contributed by atoms with van der Waals surface area (Å²) in [6.07, 6.45) is 2.08. The smallest absolute Gasteiger partial charge is 0.252 e. The number of aromatic nitrogens is 3. The van der Waals surface area contributed by atoms with E-state index in [0.717, 1.165) is 0 Å². The lowest BCUT2D eigenvalue weighted by Crippen LogP contribution is -2.29. The van der Waals surface area contributed by atoms with Crippen LogP contribution < -0.4 is 0 Å². The molecule has 1 unspecified atom stereocenters. The Balaban J connectivity index is 2.70. The van der Waals surface area contributed by atoms with Gasteiger partial charge >= 0.3 is 0 Å². The second kappa shape index (κ2) is 3.54. The zero-order valence-corrected chi connectivity index (χ0v) is 7.73. The predicted octanol–water partition coefficient (Wildman–Crippen LogP) is 0.311. The Hall–Kier alpha value is -1.41. The van der Waals surface area contributed by atoms with Gasteiger partial charge in [0.15, 0.2) is 0 Å². The third-order valence-electron chi connectivity index (χ3n) is 1.90. The van der Waals surface area contributed by atoms with E-state index in [4.69, 9.17) is 5.26 Å². The van der Waals surface area contributed by atoms with Crippen LogP contribution in [0, 0.1) is 11.3 Å². The molecule has 0 saturated heterocycles. The van der Waals surface area contributed by atoms with Crippen LogP contribution in [0.2, 0.25) is 0 Å².